The highest BCUT2D eigenvalue weighted by atomic mass is 32.1. The maximum absolute atomic E-state index is 12.3. The van der Waals surface area contributed by atoms with E-state index in [1.54, 1.807) is 16.0 Å². The molecule has 1 aliphatic heterocycles. The van der Waals surface area contributed by atoms with Crippen molar-refractivity contribution in [2.24, 2.45) is 0 Å². The van der Waals surface area contributed by atoms with Gasteiger partial charge in [-0.15, -0.1) is 16.4 Å². The summed E-state index contributed by atoms with van der Waals surface area (Å²) in [5, 5.41) is 14.6. The van der Waals surface area contributed by atoms with Gasteiger partial charge in [-0.05, 0) is 41.8 Å². The number of likely N-dealkylation sites (tertiary alicyclic amines) is 1. The number of aromatic nitrogens is 5. The minimum atomic E-state index is -0.546. The number of carbonyl (C=O) groups excluding carboxylic acids is 1. The number of piperidine rings is 1. The van der Waals surface area contributed by atoms with E-state index in [1.807, 2.05) is 40.6 Å². The van der Waals surface area contributed by atoms with Gasteiger partial charge in [-0.25, -0.2) is 9.78 Å². The number of tetrazole rings is 1. The van der Waals surface area contributed by atoms with E-state index in [0.29, 0.717) is 31.4 Å². The molecule has 1 unspecified atom stereocenters. The lowest BCUT2D eigenvalue weighted by molar-refractivity contribution is 0.0911. The Morgan fingerprint density at radius 1 is 1.18 bits per heavy atom. The Labute approximate surface area is 197 Å². The van der Waals surface area contributed by atoms with Gasteiger partial charge in [-0.3, -0.25) is 0 Å². The minimum absolute atomic E-state index is 0.195. The zero-order chi connectivity index (χ0) is 22.9. The molecule has 2 aromatic heterocycles. The van der Waals surface area contributed by atoms with Crippen LogP contribution in [0.25, 0.3) is 0 Å². The quantitative estimate of drug-likeness (QED) is 0.398. The molecule has 33 heavy (non-hydrogen) atoms. The predicted molar refractivity (Wildman–Crippen MR) is 124 cm³/mol. The van der Waals surface area contributed by atoms with Crippen LogP contribution in [-0.4, -0.2) is 55.9 Å². The number of para-hydroxylation sites is 1. The molecule has 10 heteroatoms. The molecule has 1 fully saturated rings. The molecule has 0 bridgehead atoms. The van der Waals surface area contributed by atoms with Crippen molar-refractivity contribution in [3.63, 3.8) is 0 Å². The van der Waals surface area contributed by atoms with Crippen molar-refractivity contribution in [3.8, 4) is 5.75 Å². The Bertz CT molecular complexity index is 973. The highest BCUT2D eigenvalue weighted by Gasteiger charge is 2.28. The Kier molecular flexibility index (Phi) is 8.24. The SMILES string of the molecule is CCCCCCOC(=O)N1CCC(c2nc(C(Oc3ccccc3)n3cnnn3)cs2)CC1. The topological polar surface area (TPSA) is 95.3 Å². The van der Waals surface area contributed by atoms with E-state index < -0.39 is 6.23 Å². The van der Waals surface area contributed by atoms with Crippen molar-refractivity contribution < 1.29 is 14.3 Å². The summed E-state index contributed by atoms with van der Waals surface area (Å²) in [4.78, 5) is 19.0. The van der Waals surface area contributed by atoms with Crippen molar-refractivity contribution >= 4 is 17.4 Å². The average molecular weight is 471 g/mol. The van der Waals surface area contributed by atoms with Crippen molar-refractivity contribution in [2.75, 3.05) is 19.7 Å². The standard InChI is InChI=1S/C23H30N6O3S/c1-2-3-4-8-15-31-23(30)28-13-11-18(12-14-28)21-25-20(16-33-21)22(29-17-24-26-27-29)32-19-9-6-5-7-10-19/h5-7,9-10,16-18,22H,2-4,8,11-15H2,1H3. The number of benzene rings is 1. The molecule has 1 aliphatic rings. The van der Waals surface area contributed by atoms with Crippen molar-refractivity contribution in [1.29, 1.82) is 0 Å². The summed E-state index contributed by atoms with van der Waals surface area (Å²) in [6.07, 6.45) is 6.93. The first-order valence-electron chi connectivity index (χ1n) is 11.6. The number of hydrogen-bond donors (Lipinski definition) is 0. The molecule has 0 spiro atoms. The molecule has 1 aromatic carbocycles. The third kappa shape index (κ3) is 6.28. The van der Waals surface area contributed by atoms with Gasteiger partial charge in [0.2, 0.25) is 6.23 Å². The van der Waals surface area contributed by atoms with Crippen LogP contribution in [-0.2, 0) is 4.74 Å². The van der Waals surface area contributed by atoms with Gasteiger partial charge >= 0.3 is 6.09 Å². The largest absolute Gasteiger partial charge is 0.463 e. The second-order valence-corrected chi connectivity index (χ2v) is 9.01. The van der Waals surface area contributed by atoms with Crippen LogP contribution in [0.4, 0.5) is 4.79 Å². The number of unbranched alkanes of at least 4 members (excludes halogenated alkanes) is 3. The van der Waals surface area contributed by atoms with Gasteiger partial charge in [0.05, 0.1) is 11.6 Å². The maximum Gasteiger partial charge on any atom is 0.409 e. The Morgan fingerprint density at radius 2 is 2.00 bits per heavy atom. The predicted octanol–water partition coefficient (Wildman–Crippen LogP) is 4.65. The lowest BCUT2D eigenvalue weighted by Gasteiger charge is -2.30. The summed E-state index contributed by atoms with van der Waals surface area (Å²) in [5.41, 5.74) is 0.764. The summed E-state index contributed by atoms with van der Waals surface area (Å²) in [5.74, 6) is 1.03. The normalized spacial score (nSPS) is 15.4. The van der Waals surface area contributed by atoms with E-state index in [0.717, 1.165) is 36.4 Å². The monoisotopic (exact) mass is 470 g/mol. The third-order valence-electron chi connectivity index (χ3n) is 5.71. The van der Waals surface area contributed by atoms with Crippen LogP contribution < -0.4 is 4.74 Å². The van der Waals surface area contributed by atoms with E-state index in [4.69, 9.17) is 14.5 Å². The van der Waals surface area contributed by atoms with Gasteiger partial charge in [0.1, 0.15) is 17.8 Å². The van der Waals surface area contributed by atoms with Gasteiger partial charge in [0.25, 0.3) is 0 Å². The molecule has 3 aromatic rings. The molecule has 0 radical (unpaired) electrons. The Morgan fingerprint density at radius 3 is 2.73 bits per heavy atom. The first-order valence-corrected chi connectivity index (χ1v) is 12.4. The highest BCUT2D eigenvalue weighted by Crippen LogP contribution is 2.33. The molecule has 1 saturated heterocycles. The fraction of sp³-hybridized carbons (Fsp3) is 0.522. The van der Waals surface area contributed by atoms with Gasteiger partial charge in [-0.1, -0.05) is 44.4 Å². The molecule has 1 atom stereocenters. The molecular formula is C23H30N6O3S. The van der Waals surface area contributed by atoms with E-state index in [2.05, 4.69) is 22.4 Å². The number of amides is 1. The first kappa shape index (κ1) is 23.2. The average Bonchev–Trinajstić information content (AvgIpc) is 3.56. The second kappa shape index (κ2) is 11.7. The number of carbonyl (C=O) groups is 1. The van der Waals surface area contributed by atoms with Crippen LogP contribution in [0.5, 0.6) is 5.75 Å². The lowest BCUT2D eigenvalue weighted by Crippen LogP contribution is -2.38. The molecule has 176 valence electrons. The van der Waals surface area contributed by atoms with E-state index in [1.165, 1.54) is 19.2 Å². The molecule has 9 nitrogen and oxygen atoms in total. The van der Waals surface area contributed by atoms with Crippen LogP contribution in [0.1, 0.15) is 68.3 Å². The summed E-state index contributed by atoms with van der Waals surface area (Å²) in [6, 6.07) is 9.56. The lowest BCUT2D eigenvalue weighted by atomic mass is 9.98. The van der Waals surface area contributed by atoms with Gasteiger partial charge in [-0.2, -0.15) is 4.68 Å². The molecule has 0 N–H and O–H groups in total. The smallest absolute Gasteiger partial charge is 0.409 e. The molecule has 4 rings (SSSR count). The van der Waals surface area contributed by atoms with E-state index in [9.17, 15) is 4.79 Å². The van der Waals surface area contributed by atoms with Gasteiger partial charge < -0.3 is 14.4 Å². The van der Waals surface area contributed by atoms with E-state index in [-0.39, 0.29) is 6.09 Å². The van der Waals surface area contributed by atoms with Crippen molar-refractivity contribution in [1.82, 2.24) is 30.1 Å². The first-order chi connectivity index (χ1) is 16.2. The fourth-order valence-corrected chi connectivity index (χ4v) is 4.84. The van der Waals surface area contributed by atoms with Gasteiger partial charge in [0.15, 0.2) is 0 Å². The van der Waals surface area contributed by atoms with Gasteiger partial charge in [0, 0.05) is 24.4 Å². The van der Waals surface area contributed by atoms with Crippen LogP contribution >= 0.6 is 11.3 Å². The fourth-order valence-electron chi connectivity index (χ4n) is 3.84. The zero-order valence-electron chi connectivity index (χ0n) is 18.9. The van der Waals surface area contributed by atoms with Crippen LogP contribution in [0.2, 0.25) is 0 Å². The third-order valence-corrected chi connectivity index (χ3v) is 6.74. The molecular weight excluding hydrogens is 440 g/mol. The van der Waals surface area contributed by atoms with Crippen LogP contribution in [0.3, 0.4) is 0 Å². The number of rotatable bonds is 10. The summed E-state index contributed by atoms with van der Waals surface area (Å²) in [7, 11) is 0. The molecule has 0 aliphatic carbocycles. The van der Waals surface area contributed by atoms with Crippen molar-refractivity contribution in [3.05, 3.63) is 52.7 Å². The Balaban J connectivity index is 1.33. The van der Waals surface area contributed by atoms with E-state index >= 15 is 0 Å². The molecule has 0 saturated carbocycles. The highest BCUT2D eigenvalue weighted by molar-refractivity contribution is 7.09. The number of nitrogens with zero attached hydrogens (tertiary/aromatic N) is 6. The number of ether oxygens (including phenoxy) is 2. The van der Waals surface area contributed by atoms with Crippen LogP contribution in [0, 0.1) is 0 Å². The number of hydrogen-bond acceptors (Lipinski definition) is 8. The number of thiazole rings is 1. The minimum Gasteiger partial charge on any atom is -0.463 e. The second-order valence-electron chi connectivity index (χ2n) is 8.12. The Hall–Kier alpha value is -3.01. The molecule has 1 amide bonds. The summed E-state index contributed by atoms with van der Waals surface area (Å²) >= 11 is 1.62. The van der Waals surface area contributed by atoms with Crippen LogP contribution in [0.15, 0.2) is 42.0 Å². The van der Waals surface area contributed by atoms with Crippen molar-refractivity contribution in [2.45, 2.75) is 57.6 Å². The summed E-state index contributed by atoms with van der Waals surface area (Å²) in [6.45, 7) is 4.05. The maximum atomic E-state index is 12.3. The zero-order valence-corrected chi connectivity index (χ0v) is 19.7. The molecule has 3 heterocycles. The summed E-state index contributed by atoms with van der Waals surface area (Å²) < 4.78 is 13.2.